The fraction of sp³-hybridized carbons (Fsp3) is 0.714. The summed E-state index contributed by atoms with van der Waals surface area (Å²) >= 11 is 3.40. The minimum absolute atomic E-state index is 0.0652. The molecule has 0 bridgehead atoms. The molecule has 0 saturated heterocycles. The Morgan fingerprint density at radius 1 is 1.53 bits per heavy atom. The molecular weight excluding hydrogens is 306 g/mol. The molecule has 0 spiro atoms. The molecule has 2 atom stereocenters. The van der Waals surface area contributed by atoms with Gasteiger partial charge in [-0.2, -0.15) is 5.10 Å². The zero-order valence-corrected chi connectivity index (χ0v) is 13.2. The zero-order valence-electron chi connectivity index (χ0n) is 11.6. The highest BCUT2D eigenvalue weighted by atomic mass is 79.9. The summed E-state index contributed by atoms with van der Waals surface area (Å²) in [5.74, 6) is 0.576. The van der Waals surface area contributed by atoms with Gasteiger partial charge in [0.15, 0.2) is 5.69 Å². The summed E-state index contributed by atoms with van der Waals surface area (Å²) in [4.78, 5) is 12.2. The van der Waals surface area contributed by atoms with Crippen molar-refractivity contribution in [2.24, 2.45) is 5.92 Å². The fourth-order valence-corrected chi connectivity index (χ4v) is 3.20. The minimum Gasteiger partial charge on any atom is -0.348 e. The number of aryl methyl sites for hydroxylation is 1. The molecule has 2 N–H and O–H groups in total. The van der Waals surface area contributed by atoms with Crippen molar-refractivity contribution in [3.05, 3.63) is 15.9 Å². The van der Waals surface area contributed by atoms with Gasteiger partial charge in [0.05, 0.1) is 4.47 Å². The predicted octanol–water partition coefficient (Wildman–Crippen LogP) is 3.57. The third kappa shape index (κ3) is 3.38. The number of hydrogen-bond acceptors (Lipinski definition) is 2. The van der Waals surface area contributed by atoms with Crippen LogP contribution in [0.2, 0.25) is 0 Å². The smallest absolute Gasteiger partial charge is 0.273 e. The molecule has 0 aromatic carbocycles. The fourth-order valence-electron chi connectivity index (χ4n) is 2.84. The van der Waals surface area contributed by atoms with Crippen LogP contribution in [0.15, 0.2) is 4.47 Å². The second-order valence-electron chi connectivity index (χ2n) is 5.42. The lowest BCUT2D eigenvalue weighted by Crippen LogP contribution is -2.37. The Balaban J connectivity index is 1.96. The van der Waals surface area contributed by atoms with Crippen molar-refractivity contribution in [3.8, 4) is 0 Å². The van der Waals surface area contributed by atoms with Crippen molar-refractivity contribution in [2.45, 2.75) is 58.4 Å². The number of carbonyl (C=O) groups excluding carboxylic acids is 1. The number of amides is 1. The topological polar surface area (TPSA) is 57.8 Å². The van der Waals surface area contributed by atoms with E-state index in [0.29, 0.717) is 17.7 Å². The van der Waals surface area contributed by atoms with Crippen LogP contribution < -0.4 is 5.32 Å². The molecule has 1 aliphatic carbocycles. The normalized spacial score (nSPS) is 22.7. The maximum absolute atomic E-state index is 12.2. The summed E-state index contributed by atoms with van der Waals surface area (Å²) in [6.07, 6.45) is 7.26. The van der Waals surface area contributed by atoms with Gasteiger partial charge in [-0.25, -0.2) is 0 Å². The van der Waals surface area contributed by atoms with Gasteiger partial charge in [0, 0.05) is 11.7 Å². The molecule has 0 radical (unpaired) electrons. The molecule has 1 amide bonds. The Labute approximate surface area is 122 Å². The van der Waals surface area contributed by atoms with Crippen LogP contribution in [0.1, 0.15) is 61.6 Å². The lowest BCUT2D eigenvalue weighted by Gasteiger charge is -2.20. The number of rotatable bonds is 5. The van der Waals surface area contributed by atoms with E-state index < -0.39 is 0 Å². The number of unbranched alkanes of at least 4 members (excludes halogenated alkanes) is 1. The van der Waals surface area contributed by atoms with Crippen molar-refractivity contribution in [1.82, 2.24) is 15.5 Å². The molecule has 5 heteroatoms. The SMILES string of the molecule is CCCCC1CCCC1NC(=O)c1n[nH]c(C)c1Br. The van der Waals surface area contributed by atoms with Gasteiger partial charge in [0.2, 0.25) is 0 Å². The molecule has 0 aliphatic heterocycles. The van der Waals surface area contributed by atoms with E-state index in [2.05, 4.69) is 38.4 Å². The number of aromatic amines is 1. The molecule has 1 aliphatic rings. The average molecular weight is 328 g/mol. The van der Waals surface area contributed by atoms with Gasteiger partial charge in [-0.1, -0.05) is 26.2 Å². The Bertz CT molecular complexity index is 444. The molecular formula is C14H22BrN3O. The summed E-state index contributed by atoms with van der Waals surface area (Å²) in [5, 5.41) is 10.0. The van der Waals surface area contributed by atoms with Crippen molar-refractivity contribution >= 4 is 21.8 Å². The Morgan fingerprint density at radius 3 is 2.95 bits per heavy atom. The Morgan fingerprint density at radius 2 is 2.32 bits per heavy atom. The number of hydrogen-bond donors (Lipinski definition) is 2. The molecule has 1 saturated carbocycles. The molecule has 2 rings (SSSR count). The first-order valence-electron chi connectivity index (χ1n) is 7.14. The van der Waals surface area contributed by atoms with Crippen LogP contribution in [0.4, 0.5) is 0 Å². The van der Waals surface area contributed by atoms with Crippen molar-refractivity contribution in [3.63, 3.8) is 0 Å². The monoisotopic (exact) mass is 327 g/mol. The number of aromatic nitrogens is 2. The lowest BCUT2D eigenvalue weighted by molar-refractivity contribution is 0.0920. The summed E-state index contributed by atoms with van der Waals surface area (Å²) in [6.45, 7) is 4.11. The van der Waals surface area contributed by atoms with Crippen LogP contribution in [0, 0.1) is 12.8 Å². The van der Waals surface area contributed by atoms with Crippen LogP contribution in [-0.4, -0.2) is 22.1 Å². The Hall–Kier alpha value is -0.840. The second kappa shape index (κ2) is 6.55. The van der Waals surface area contributed by atoms with Crippen LogP contribution in [0.3, 0.4) is 0 Å². The molecule has 1 fully saturated rings. The van der Waals surface area contributed by atoms with Crippen molar-refractivity contribution in [2.75, 3.05) is 0 Å². The summed E-state index contributed by atoms with van der Waals surface area (Å²) in [6, 6.07) is 0.322. The molecule has 19 heavy (non-hydrogen) atoms. The van der Waals surface area contributed by atoms with E-state index in [4.69, 9.17) is 0 Å². The first-order valence-corrected chi connectivity index (χ1v) is 7.94. The summed E-state index contributed by atoms with van der Waals surface area (Å²) in [5.41, 5.74) is 1.36. The number of nitrogens with zero attached hydrogens (tertiary/aromatic N) is 1. The molecule has 106 valence electrons. The molecule has 4 nitrogen and oxygen atoms in total. The molecule has 1 heterocycles. The molecule has 1 aromatic rings. The van der Waals surface area contributed by atoms with Gasteiger partial charge in [-0.15, -0.1) is 0 Å². The zero-order chi connectivity index (χ0) is 13.8. The van der Waals surface area contributed by atoms with Crippen LogP contribution in [0.25, 0.3) is 0 Å². The van der Waals surface area contributed by atoms with Crippen LogP contribution in [0.5, 0.6) is 0 Å². The highest BCUT2D eigenvalue weighted by Gasteiger charge is 2.29. The third-order valence-corrected chi connectivity index (χ3v) is 4.96. The maximum Gasteiger partial charge on any atom is 0.273 e. The van der Waals surface area contributed by atoms with Gasteiger partial charge in [-0.3, -0.25) is 9.89 Å². The third-order valence-electron chi connectivity index (χ3n) is 3.99. The van der Waals surface area contributed by atoms with Crippen LogP contribution in [-0.2, 0) is 0 Å². The van der Waals surface area contributed by atoms with Gasteiger partial charge in [-0.05, 0) is 48.0 Å². The van der Waals surface area contributed by atoms with E-state index in [1.165, 1.54) is 32.1 Å². The maximum atomic E-state index is 12.2. The number of carbonyl (C=O) groups is 1. The summed E-state index contributed by atoms with van der Waals surface area (Å²) < 4.78 is 0.771. The largest absolute Gasteiger partial charge is 0.348 e. The van der Waals surface area contributed by atoms with E-state index in [9.17, 15) is 4.79 Å². The van der Waals surface area contributed by atoms with Gasteiger partial charge in [0.1, 0.15) is 0 Å². The first kappa shape index (κ1) is 14.6. The van der Waals surface area contributed by atoms with Crippen molar-refractivity contribution < 1.29 is 4.79 Å². The number of H-pyrrole nitrogens is 1. The highest BCUT2D eigenvalue weighted by Crippen LogP contribution is 2.30. The van der Waals surface area contributed by atoms with Crippen molar-refractivity contribution in [1.29, 1.82) is 0 Å². The first-order chi connectivity index (χ1) is 9.13. The predicted molar refractivity (Wildman–Crippen MR) is 79.1 cm³/mol. The van der Waals surface area contributed by atoms with Gasteiger partial charge >= 0.3 is 0 Å². The highest BCUT2D eigenvalue weighted by molar-refractivity contribution is 9.10. The average Bonchev–Trinajstić information content (AvgIpc) is 2.95. The van der Waals surface area contributed by atoms with E-state index in [-0.39, 0.29) is 5.91 Å². The quantitative estimate of drug-likeness (QED) is 0.868. The van der Waals surface area contributed by atoms with E-state index >= 15 is 0 Å². The lowest BCUT2D eigenvalue weighted by atomic mass is 9.97. The molecule has 2 unspecified atom stereocenters. The number of halogens is 1. The minimum atomic E-state index is -0.0652. The van der Waals surface area contributed by atoms with Crippen LogP contribution >= 0.6 is 15.9 Å². The Kier molecular flexibility index (Phi) is 5.02. The van der Waals surface area contributed by atoms with Gasteiger partial charge in [0.25, 0.3) is 5.91 Å². The standard InChI is InChI=1S/C14H22BrN3O/c1-3-4-6-10-7-5-8-11(10)16-14(19)13-12(15)9(2)17-18-13/h10-11H,3-8H2,1-2H3,(H,16,19)(H,17,18). The molecule has 1 aromatic heterocycles. The van der Waals surface area contributed by atoms with Gasteiger partial charge < -0.3 is 5.32 Å². The summed E-state index contributed by atoms with van der Waals surface area (Å²) in [7, 11) is 0. The van der Waals surface area contributed by atoms with E-state index in [1.54, 1.807) is 0 Å². The van der Waals surface area contributed by atoms with E-state index in [1.807, 2.05) is 6.92 Å². The number of nitrogens with one attached hydrogen (secondary N) is 2. The second-order valence-corrected chi connectivity index (χ2v) is 6.22. The van der Waals surface area contributed by atoms with E-state index in [0.717, 1.165) is 16.6 Å².